The average molecular weight is 218 g/mol. The van der Waals surface area contributed by atoms with Crippen molar-refractivity contribution in [3.8, 4) is 0 Å². The second-order valence-corrected chi connectivity index (χ2v) is 4.31. The van der Waals surface area contributed by atoms with Crippen molar-refractivity contribution in [3.05, 3.63) is 59.7 Å². The quantitative estimate of drug-likeness (QED) is 0.657. The van der Waals surface area contributed by atoms with Crippen molar-refractivity contribution in [2.24, 2.45) is 0 Å². The van der Waals surface area contributed by atoms with Gasteiger partial charge in [-0.1, -0.05) is 42.5 Å². The van der Waals surface area contributed by atoms with Gasteiger partial charge >= 0.3 is 0 Å². The first-order valence-electron chi connectivity index (χ1n) is 5.52. The van der Waals surface area contributed by atoms with Gasteiger partial charge in [-0.15, -0.1) is 0 Å². The van der Waals surface area contributed by atoms with Gasteiger partial charge in [0.2, 0.25) is 0 Å². The first kappa shape index (κ1) is 12.7. The summed E-state index contributed by atoms with van der Waals surface area (Å²) in [6.45, 7) is 9.31. The van der Waals surface area contributed by atoms with E-state index in [1.165, 1.54) is 5.56 Å². The smallest absolute Gasteiger partial charge is 0.153 e. The number of aryl methyl sites for hydroxylation is 1. The standard InChI is InChI=1S/C15H19F/c1-5-10-15(16,12(2)3)11-14-8-6-13(4)7-9-14/h5-10H,2,11H2,1,3-4H3. The Bertz CT molecular complexity index is 386. The summed E-state index contributed by atoms with van der Waals surface area (Å²) in [4.78, 5) is 0. The molecule has 1 aromatic rings. The molecule has 0 saturated heterocycles. The molecule has 0 heterocycles. The maximum Gasteiger partial charge on any atom is 0.153 e. The van der Waals surface area contributed by atoms with Crippen LogP contribution in [0, 0.1) is 6.92 Å². The third-order valence-electron chi connectivity index (χ3n) is 2.72. The highest BCUT2D eigenvalue weighted by atomic mass is 19.1. The van der Waals surface area contributed by atoms with Crippen LogP contribution in [-0.4, -0.2) is 5.67 Å². The van der Waals surface area contributed by atoms with E-state index in [9.17, 15) is 4.39 Å². The highest BCUT2D eigenvalue weighted by Gasteiger charge is 2.27. The van der Waals surface area contributed by atoms with E-state index in [1.807, 2.05) is 38.1 Å². The minimum absolute atomic E-state index is 0.354. The van der Waals surface area contributed by atoms with Crippen LogP contribution in [0.2, 0.25) is 0 Å². The molecule has 1 rings (SSSR count). The zero-order valence-corrected chi connectivity index (χ0v) is 10.3. The van der Waals surface area contributed by atoms with Gasteiger partial charge in [-0.3, -0.25) is 0 Å². The van der Waals surface area contributed by atoms with Crippen LogP contribution in [0.25, 0.3) is 0 Å². The lowest BCUT2D eigenvalue weighted by atomic mass is 9.90. The summed E-state index contributed by atoms with van der Waals surface area (Å²) in [5, 5.41) is 0. The molecule has 1 atom stereocenters. The van der Waals surface area contributed by atoms with Gasteiger partial charge in [0, 0.05) is 6.42 Å². The van der Waals surface area contributed by atoms with Crippen molar-refractivity contribution in [2.75, 3.05) is 0 Å². The largest absolute Gasteiger partial charge is 0.234 e. The summed E-state index contributed by atoms with van der Waals surface area (Å²) in [7, 11) is 0. The van der Waals surface area contributed by atoms with Crippen molar-refractivity contribution >= 4 is 0 Å². The molecular weight excluding hydrogens is 199 g/mol. The van der Waals surface area contributed by atoms with E-state index in [-0.39, 0.29) is 0 Å². The first-order chi connectivity index (χ1) is 7.48. The van der Waals surface area contributed by atoms with Crippen LogP contribution in [0.1, 0.15) is 25.0 Å². The number of benzene rings is 1. The third kappa shape index (κ3) is 3.06. The Morgan fingerprint density at radius 1 is 1.38 bits per heavy atom. The lowest BCUT2D eigenvalue weighted by Crippen LogP contribution is -2.24. The van der Waals surface area contributed by atoms with Crippen LogP contribution in [0.5, 0.6) is 0 Å². The molecular formula is C15H19F. The Labute approximate surface area is 97.5 Å². The lowest BCUT2D eigenvalue weighted by Gasteiger charge is -2.22. The maximum atomic E-state index is 14.5. The fourth-order valence-electron chi connectivity index (χ4n) is 1.62. The molecule has 0 saturated carbocycles. The maximum absolute atomic E-state index is 14.5. The number of rotatable bonds is 4. The van der Waals surface area contributed by atoms with Crippen LogP contribution in [-0.2, 0) is 6.42 Å². The fourth-order valence-corrected chi connectivity index (χ4v) is 1.62. The van der Waals surface area contributed by atoms with Crippen molar-refractivity contribution in [1.82, 2.24) is 0 Å². The van der Waals surface area contributed by atoms with E-state index in [1.54, 1.807) is 19.1 Å². The Balaban J connectivity index is 2.92. The third-order valence-corrected chi connectivity index (χ3v) is 2.72. The monoisotopic (exact) mass is 218 g/mol. The van der Waals surface area contributed by atoms with E-state index in [2.05, 4.69) is 6.58 Å². The predicted molar refractivity (Wildman–Crippen MR) is 68.4 cm³/mol. The number of alkyl halides is 1. The Hall–Kier alpha value is -1.37. The summed E-state index contributed by atoms with van der Waals surface area (Å²) in [6.07, 6.45) is 3.67. The van der Waals surface area contributed by atoms with Gasteiger partial charge in [0.25, 0.3) is 0 Å². The minimum Gasteiger partial charge on any atom is -0.234 e. The van der Waals surface area contributed by atoms with E-state index >= 15 is 0 Å². The van der Waals surface area contributed by atoms with E-state index in [4.69, 9.17) is 0 Å². The molecule has 1 unspecified atom stereocenters. The molecule has 16 heavy (non-hydrogen) atoms. The molecule has 0 bridgehead atoms. The molecule has 0 aliphatic heterocycles. The molecule has 0 spiro atoms. The van der Waals surface area contributed by atoms with E-state index in [0.717, 1.165) is 5.56 Å². The lowest BCUT2D eigenvalue weighted by molar-refractivity contribution is 0.279. The predicted octanol–water partition coefficient (Wildman–Crippen LogP) is 4.40. The van der Waals surface area contributed by atoms with Gasteiger partial charge in [-0.25, -0.2) is 4.39 Å². The van der Waals surface area contributed by atoms with Crippen molar-refractivity contribution in [2.45, 2.75) is 32.9 Å². The summed E-state index contributed by atoms with van der Waals surface area (Å²) < 4.78 is 14.5. The zero-order chi connectivity index (χ0) is 12.2. The highest BCUT2D eigenvalue weighted by molar-refractivity contribution is 5.29. The molecule has 1 aromatic carbocycles. The van der Waals surface area contributed by atoms with E-state index in [0.29, 0.717) is 12.0 Å². The van der Waals surface area contributed by atoms with Crippen LogP contribution >= 0.6 is 0 Å². The Morgan fingerprint density at radius 2 is 1.94 bits per heavy atom. The zero-order valence-electron chi connectivity index (χ0n) is 10.3. The molecule has 0 radical (unpaired) electrons. The van der Waals surface area contributed by atoms with Gasteiger partial charge in [-0.2, -0.15) is 0 Å². The second-order valence-electron chi connectivity index (χ2n) is 4.31. The first-order valence-corrected chi connectivity index (χ1v) is 5.52. The SMILES string of the molecule is C=C(C)C(F)(C=CC)Cc1ccc(C)cc1. The number of halogens is 1. The molecule has 0 aliphatic carbocycles. The summed E-state index contributed by atoms with van der Waals surface area (Å²) in [5.74, 6) is 0. The van der Waals surface area contributed by atoms with Gasteiger partial charge in [0.1, 0.15) is 0 Å². The molecule has 0 amide bonds. The number of hydrogen-bond donors (Lipinski definition) is 0. The van der Waals surface area contributed by atoms with Crippen LogP contribution in [0.3, 0.4) is 0 Å². The minimum atomic E-state index is -1.43. The molecule has 0 fully saturated rings. The normalized spacial score (nSPS) is 15.0. The average Bonchev–Trinajstić information content (AvgIpc) is 2.22. The van der Waals surface area contributed by atoms with Gasteiger partial charge in [0.15, 0.2) is 5.67 Å². The number of allylic oxidation sites excluding steroid dienone is 3. The van der Waals surface area contributed by atoms with Crippen LogP contribution < -0.4 is 0 Å². The summed E-state index contributed by atoms with van der Waals surface area (Å²) in [5.41, 5.74) is 1.30. The number of hydrogen-bond acceptors (Lipinski definition) is 0. The van der Waals surface area contributed by atoms with Crippen molar-refractivity contribution in [3.63, 3.8) is 0 Å². The molecule has 1 heteroatoms. The highest BCUT2D eigenvalue weighted by Crippen LogP contribution is 2.27. The van der Waals surface area contributed by atoms with Gasteiger partial charge in [-0.05, 0) is 38.0 Å². The summed E-state index contributed by atoms with van der Waals surface area (Å²) >= 11 is 0. The molecule has 0 nitrogen and oxygen atoms in total. The topological polar surface area (TPSA) is 0 Å². The van der Waals surface area contributed by atoms with Crippen LogP contribution in [0.4, 0.5) is 4.39 Å². The van der Waals surface area contributed by atoms with Gasteiger partial charge < -0.3 is 0 Å². The Morgan fingerprint density at radius 3 is 2.38 bits per heavy atom. The van der Waals surface area contributed by atoms with Crippen LogP contribution in [0.15, 0.2) is 48.6 Å². The van der Waals surface area contributed by atoms with Crippen molar-refractivity contribution < 1.29 is 4.39 Å². The van der Waals surface area contributed by atoms with Crippen molar-refractivity contribution in [1.29, 1.82) is 0 Å². The van der Waals surface area contributed by atoms with Gasteiger partial charge in [0.05, 0.1) is 0 Å². The van der Waals surface area contributed by atoms with E-state index < -0.39 is 5.67 Å². The summed E-state index contributed by atoms with van der Waals surface area (Å²) in [6, 6.07) is 7.94. The molecule has 0 N–H and O–H groups in total. The Kier molecular flexibility index (Phi) is 4.05. The molecule has 0 aromatic heterocycles. The molecule has 86 valence electrons. The second kappa shape index (κ2) is 5.11. The fraction of sp³-hybridized carbons (Fsp3) is 0.333. The molecule has 0 aliphatic rings.